The van der Waals surface area contributed by atoms with E-state index in [4.69, 9.17) is 4.42 Å². The number of hydrogen-bond acceptors (Lipinski definition) is 1. The number of furan rings is 1. The van der Waals surface area contributed by atoms with Gasteiger partial charge in [-0.05, 0) is 44.3 Å². The Morgan fingerprint density at radius 2 is 1.15 bits per heavy atom. The molecule has 0 atom stereocenters. The molecule has 34 heavy (non-hydrogen) atoms. The normalized spacial score (nSPS) is 11.6. The van der Waals surface area contributed by atoms with Gasteiger partial charge < -0.3 is 4.42 Å². The van der Waals surface area contributed by atoms with Crippen LogP contribution in [0.15, 0.2) is 126 Å². The molecule has 0 radical (unpaired) electrons. The highest BCUT2D eigenvalue weighted by Crippen LogP contribution is 2.43. The smallest absolute Gasteiger partial charge is 0.143 e. The van der Waals surface area contributed by atoms with Crippen molar-refractivity contribution < 1.29 is 4.42 Å². The van der Waals surface area contributed by atoms with E-state index < -0.39 is 0 Å². The van der Waals surface area contributed by atoms with Crippen molar-refractivity contribution in [3.8, 4) is 11.1 Å². The van der Waals surface area contributed by atoms with E-state index in [9.17, 15) is 0 Å². The molecular weight excluding hydrogens is 412 g/mol. The molecule has 1 heteroatoms. The maximum absolute atomic E-state index is 6.80. The molecule has 7 aromatic rings. The largest absolute Gasteiger partial charge is 0.455 e. The third kappa shape index (κ3) is 2.94. The highest BCUT2D eigenvalue weighted by Gasteiger charge is 2.19. The summed E-state index contributed by atoms with van der Waals surface area (Å²) in [6.45, 7) is 0. The molecule has 0 saturated heterocycles. The average molecular weight is 435 g/mol. The van der Waals surface area contributed by atoms with Crippen LogP contribution < -0.4 is 0 Å². The predicted octanol–water partition coefficient (Wildman–Crippen LogP) is 9.15. The van der Waals surface area contributed by atoms with Gasteiger partial charge in [-0.25, -0.2) is 0 Å². The zero-order chi connectivity index (χ0) is 22.5. The summed E-state index contributed by atoms with van der Waals surface area (Å²) >= 11 is 0. The van der Waals surface area contributed by atoms with E-state index in [1.807, 2.05) is 0 Å². The molecule has 160 valence electrons. The van der Waals surface area contributed by atoms with E-state index in [0.717, 1.165) is 23.2 Å². The van der Waals surface area contributed by atoms with Crippen LogP contribution in [0.25, 0.3) is 54.6 Å². The summed E-state index contributed by atoms with van der Waals surface area (Å²) in [6.07, 6.45) is 0.847. The first-order chi connectivity index (χ1) is 16.9. The van der Waals surface area contributed by atoms with Crippen LogP contribution in [0, 0.1) is 0 Å². The lowest BCUT2D eigenvalue weighted by atomic mass is 9.93. The van der Waals surface area contributed by atoms with Gasteiger partial charge in [0.1, 0.15) is 11.2 Å². The van der Waals surface area contributed by atoms with Gasteiger partial charge in [0.05, 0.1) is 0 Å². The Labute approximate surface area is 197 Å². The van der Waals surface area contributed by atoms with Crippen molar-refractivity contribution in [2.75, 3.05) is 0 Å². The van der Waals surface area contributed by atoms with E-state index >= 15 is 0 Å². The maximum Gasteiger partial charge on any atom is 0.143 e. The molecule has 0 aliphatic carbocycles. The summed E-state index contributed by atoms with van der Waals surface area (Å²) in [6, 6.07) is 43.2. The molecule has 1 nitrogen and oxygen atoms in total. The minimum atomic E-state index is 0.847. The first-order valence-electron chi connectivity index (χ1n) is 11.7. The second-order valence-corrected chi connectivity index (χ2v) is 8.93. The number of para-hydroxylation sites is 1. The van der Waals surface area contributed by atoms with E-state index in [-0.39, 0.29) is 0 Å². The van der Waals surface area contributed by atoms with Gasteiger partial charge in [0.15, 0.2) is 0 Å². The van der Waals surface area contributed by atoms with Crippen molar-refractivity contribution in [2.45, 2.75) is 6.42 Å². The van der Waals surface area contributed by atoms with Gasteiger partial charge in [-0.2, -0.15) is 0 Å². The molecule has 0 aliphatic heterocycles. The number of fused-ring (bicyclic) bond motifs is 6. The van der Waals surface area contributed by atoms with Crippen molar-refractivity contribution in [1.82, 2.24) is 0 Å². The molecule has 0 unspecified atom stereocenters. The van der Waals surface area contributed by atoms with Crippen LogP contribution in [-0.2, 0) is 6.42 Å². The van der Waals surface area contributed by atoms with Crippen LogP contribution in [0.4, 0.5) is 0 Å². The molecule has 0 aliphatic rings. The first kappa shape index (κ1) is 19.1. The monoisotopic (exact) mass is 434 g/mol. The van der Waals surface area contributed by atoms with Crippen LogP contribution >= 0.6 is 0 Å². The van der Waals surface area contributed by atoms with Gasteiger partial charge >= 0.3 is 0 Å². The molecule has 0 amide bonds. The second-order valence-electron chi connectivity index (χ2n) is 8.93. The molecule has 0 fully saturated rings. The summed E-state index contributed by atoms with van der Waals surface area (Å²) in [5.74, 6) is 0. The fourth-order valence-electron chi connectivity index (χ4n) is 5.32. The number of hydrogen-bond donors (Lipinski definition) is 0. The molecule has 1 aromatic heterocycles. The molecule has 0 bridgehead atoms. The predicted molar refractivity (Wildman–Crippen MR) is 143 cm³/mol. The van der Waals surface area contributed by atoms with E-state index in [2.05, 4.69) is 121 Å². The highest BCUT2D eigenvalue weighted by atomic mass is 16.3. The molecule has 0 N–H and O–H groups in total. The summed E-state index contributed by atoms with van der Waals surface area (Å²) in [7, 11) is 0. The molecule has 1 heterocycles. The minimum absolute atomic E-state index is 0.847. The lowest BCUT2D eigenvalue weighted by molar-refractivity contribution is 0.665. The van der Waals surface area contributed by atoms with Crippen LogP contribution in [0.2, 0.25) is 0 Å². The zero-order valence-electron chi connectivity index (χ0n) is 18.7. The lowest BCUT2D eigenvalue weighted by Crippen LogP contribution is -1.87. The summed E-state index contributed by atoms with van der Waals surface area (Å²) in [4.78, 5) is 0. The SMILES string of the molecule is c1ccc(Cc2cccc3c2oc2c(-c4cccc5ccccc45)cc4ccccc4c23)cc1. The molecule has 0 spiro atoms. The van der Waals surface area contributed by atoms with E-state index in [1.165, 1.54) is 49.0 Å². The zero-order valence-corrected chi connectivity index (χ0v) is 18.7. The van der Waals surface area contributed by atoms with Crippen LogP contribution in [0.5, 0.6) is 0 Å². The number of rotatable bonds is 3. The Hall–Kier alpha value is -4.36. The molecule has 0 saturated carbocycles. The Balaban J connectivity index is 1.59. The second kappa shape index (κ2) is 7.60. The Morgan fingerprint density at radius 1 is 0.471 bits per heavy atom. The van der Waals surface area contributed by atoms with Crippen molar-refractivity contribution in [2.24, 2.45) is 0 Å². The quantitative estimate of drug-likeness (QED) is 0.270. The molecule has 7 rings (SSSR count). The van der Waals surface area contributed by atoms with E-state index in [0.29, 0.717) is 0 Å². The van der Waals surface area contributed by atoms with Gasteiger partial charge in [-0.15, -0.1) is 0 Å². The summed E-state index contributed by atoms with van der Waals surface area (Å²) < 4.78 is 6.80. The average Bonchev–Trinajstić information content (AvgIpc) is 3.30. The van der Waals surface area contributed by atoms with Crippen LogP contribution in [0.3, 0.4) is 0 Å². The third-order valence-electron chi connectivity index (χ3n) is 6.89. The Kier molecular flexibility index (Phi) is 4.28. The summed E-state index contributed by atoms with van der Waals surface area (Å²) in [5, 5.41) is 7.33. The van der Waals surface area contributed by atoms with Gasteiger partial charge in [0, 0.05) is 22.8 Å². The van der Waals surface area contributed by atoms with Crippen molar-refractivity contribution in [3.63, 3.8) is 0 Å². The van der Waals surface area contributed by atoms with Crippen LogP contribution in [0.1, 0.15) is 11.1 Å². The lowest BCUT2D eigenvalue weighted by Gasteiger charge is -2.10. The highest BCUT2D eigenvalue weighted by molar-refractivity contribution is 6.23. The third-order valence-corrected chi connectivity index (χ3v) is 6.89. The Morgan fingerprint density at radius 3 is 2.03 bits per heavy atom. The summed E-state index contributed by atoms with van der Waals surface area (Å²) in [5.41, 5.74) is 6.80. The van der Waals surface area contributed by atoms with Crippen molar-refractivity contribution in [1.29, 1.82) is 0 Å². The number of benzene rings is 6. The van der Waals surface area contributed by atoms with Crippen molar-refractivity contribution in [3.05, 3.63) is 132 Å². The first-order valence-corrected chi connectivity index (χ1v) is 11.7. The molecular formula is C33H22O. The minimum Gasteiger partial charge on any atom is -0.455 e. The maximum atomic E-state index is 6.80. The van der Waals surface area contributed by atoms with Crippen LogP contribution in [-0.4, -0.2) is 0 Å². The molecule has 6 aromatic carbocycles. The van der Waals surface area contributed by atoms with Crippen molar-refractivity contribution >= 4 is 43.5 Å². The van der Waals surface area contributed by atoms with Gasteiger partial charge in [0.25, 0.3) is 0 Å². The Bertz CT molecular complexity index is 1820. The fraction of sp³-hybridized carbons (Fsp3) is 0.0303. The van der Waals surface area contributed by atoms with Gasteiger partial charge in [-0.1, -0.05) is 115 Å². The van der Waals surface area contributed by atoms with Gasteiger partial charge in [-0.3, -0.25) is 0 Å². The topological polar surface area (TPSA) is 13.1 Å². The van der Waals surface area contributed by atoms with Gasteiger partial charge in [0.2, 0.25) is 0 Å². The fourth-order valence-corrected chi connectivity index (χ4v) is 5.32. The van der Waals surface area contributed by atoms with E-state index in [1.54, 1.807) is 0 Å². The standard InChI is InChI=1S/C33H22O/c1-2-10-22(11-3-1)20-25-15-9-19-29-31-27-17-7-5-13-24(27)21-30(33(31)34-32(25)29)28-18-8-14-23-12-4-6-16-26(23)28/h1-19,21H,20H2.